The quantitative estimate of drug-likeness (QED) is 0.672. The van der Waals surface area contributed by atoms with Crippen LogP contribution in [0, 0.1) is 6.92 Å². The van der Waals surface area contributed by atoms with Crippen LogP contribution < -0.4 is 14.9 Å². The fourth-order valence-corrected chi connectivity index (χ4v) is 3.00. The van der Waals surface area contributed by atoms with Crippen LogP contribution in [0.25, 0.3) is 22.1 Å². The maximum absolute atomic E-state index is 13.0. The lowest BCUT2D eigenvalue weighted by Gasteiger charge is -2.19. The van der Waals surface area contributed by atoms with Gasteiger partial charge in [-0.15, -0.1) is 0 Å². The summed E-state index contributed by atoms with van der Waals surface area (Å²) in [6, 6.07) is 11.0. The second-order valence-corrected chi connectivity index (χ2v) is 5.75. The van der Waals surface area contributed by atoms with E-state index in [-0.39, 0.29) is 10.6 Å². The molecule has 0 N–H and O–H groups in total. The molecule has 0 spiro atoms. The molecule has 5 heteroatoms. The molecule has 0 amide bonds. The van der Waals surface area contributed by atoms with Crippen molar-refractivity contribution in [2.75, 3.05) is 13.2 Å². The SMILES string of the molecule is Cc1ccc(-c2c(Cl)oc3ccc4c(c3c2=O)OCCO4)cc1. The van der Waals surface area contributed by atoms with Crippen LogP contribution in [0.3, 0.4) is 0 Å². The van der Waals surface area contributed by atoms with Crippen molar-refractivity contribution in [1.82, 2.24) is 0 Å². The number of aryl methyl sites for hydroxylation is 1. The molecule has 2 aromatic carbocycles. The van der Waals surface area contributed by atoms with E-state index in [1.165, 1.54) is 0 Å². The van der Waals surface area contributed by atoms with Crippen LogP contribution in [0.5, 0.6) is 11.5 Å². The summed E-state index contributed by atoms with van der Waals surface area (Å²) >= 11 is 6.23. The van der Waals surface area contributed by atoms with Crippen molar-refractivity contribution < 1.29 is 13.9 Å². The van der Waals surface area contributed by atoms with Crippen molar-refractivity contribution in [2.45, 2.75) is 6.92 Å². The third-order valence-electron chi connectivity index (χ3n) is 3.86. The average molecular weight is 329 g/mol. The van der Waals surface area contributed by atoms with E-state index in [1.54, 1.807) is 12.1 Å². The van der Waals surface area contributed by atoms with Crippen LogP contribution in [0.1, 0.15) is 5.56 Å². The number of rotatable bonds is 1. The molecule has 0 fully saturated rings. The third kappa shape index (κ3) is 2.26. The van der Waals surface area contributed by atoms with E-state index >= 15 is 0 Å². The number of halogens is 1. The molecule has 1 aliphatic heterocycles. The van der Waals surface area contributed by atoms with Crippen molar-refractivity contribution in [3.63, 3.8) is 0 Å². The molecule has 0 radical (unpaired) electrons. The zero-order valence-corrected chi connectivity index (χ0v) is 13.1. The Morgan fingerprint density at radius 2 is 1.74 bits per heavy atom. The molecule has 0 bridgehead atoms. The van der Waals surface area contributed by atoms with Gasteiger partial charge in [0.25, 0.3) is 0 Å². The van der Waals surface area contributed by atoms with E-state index < -0.39 is 0 Å². The first kappa shape index (κ1) is 14.2. The molecule has 0 unspecified atom stereocenters. The van der Waals surface area contributed by atoms with Crippen LogP contribution in [0.2, 0.25) is 5.22 Å². The van der Waals surface area contributed by atoms with Gasteiger partial charge in [0.15, 0.2) is 11.5 Å². The van der Waals surface area contributed by atoms with Crippen LogP contribution >= 0.6 is 11.6 Å². The van der Waals surface area contributed by atoms with Gasteiger partial charge in [0.1, 0.15) is 24.2 Å². The van der Waals surface area contributed by atoms with Gasteiger partial charge in [-0.05, 0) is 36.2 Å². The molecule has 0 atom stereocenters. The zero-order valence-electron chi connectivity index (χ0n) is 12.4. The second kappa shape index (κ2) is 5.32. The Bertz CT molecular complexity index is 957. The highest BCUT2D eigenvalue weighted by atomic mass is 35.5. The first-order valence-electron chi connectivity index (χ1n) is 7.27. The van der Waals surface area contributed by atoms with E-state index in [0.717, 1.165) is 5.56 Å². The molecular weight excluding hydrogens is 316 g/mol. The topological polar surface area (TPSA) is 48.7 Å². The summed E-state index contributed by atoms with van der Waals surface area (Å²) in [5, 5.41) is 0.435. The fraction of sp³-hybridized carbons (Fsp3) is 0.167. The van der Waals surface area contributed by atoms with Crippen LogP contribution in [0.4, 0.5) is 0 Å². The summed E-state index contributed by atoms with van der Waals surface area (Å²) in [4.78, 5) is 13.0. The van der Waals surface area contributed by atoms with Crippen molar-refractivity contribution in [2.24, 2.45) is 0 Å². The maximum Gasteiger partial charge on any atom is 0.206 e. The first-order valence-corrected chi connectivity index (χ1v) is 7.65. The lowest BCUT2D eigenvalue weighted by molar-refractivity contribution is 0.173. The molecule has 4 nitrogen and oxygen atoms in total. The minimum absolute atomic E-state index is 0.0723. The van der Waals surface area contributed by atoms with Crippen molar-refractivity contribution >= 4 is 22.6 Å². The van der Waals surface area contributed by atoms with Crippen LogP contribution in [-0.2, 0) is 0 Å². The molecule has 1 aromatic heterocycles. The highest BCUT2D eigenvalue weighted by molar-refractivity contribution is 6.31. The summed E-state index contributed by atoms with van der Waals surface area (Å²) in [7, 11) is 0. The Morgan fingerprint density at radius 1 is 1.00 bits per heavy atom. The largest absolute Gasteiger partial charge is 0.486 e. The number of benzene rings is 2. The Hall–Kier alpha value is -2.46. The molecule has 2 heterocycles. The number of ether oxygens (including phenoxy) is 2. The normalized spacial score (nSPS) is 13.3. The Labute approximate surface area is 137 Å². The minimum atomic E-state index is -0.220. The Balaban J connectivity index is 2.06. The van der Waals surface area contributed by atoms with E-state index in [0.29, 0.717) is 46.8 Å². The number of fused-ring (bicyclic) bond motifs is 3. The van der Waals surface area contributed by atoms with Crippen molar-refractivity contribution in [3.8, 4) is 22.6 Å². The van der Waals surface area contributed by atoms with Crippen LogP contribution in [-0.4, -0.2) is 13.2 Å². The van der Waals surface area contributed by atoms with E-state index in [1.807, 2.05) is 31.2 Å². The molecular formula is C18H13ClO4. The summed E-state index contributed by atoms with van der Waals surface area (Å²) < 4.78 is 16.8. The van der Waals surface area contributed by atoms with Gasteiger partial charge in [0, 0.05) is 0 Å². The monoisotopic (exact) mass is 328 g/mol. The van der Waals surface area contributed by atoms with Gasteiger partial charge in [-0.2, -0.15) is 0 Å². The minimum Gasteiger partial charge on any atom is -0.486 e. The summed E-state index contributed by atoms with van der Waals surface area (Å²) in [6.45, 7) is 2.84. The van der Waals surface area contributed by atoms with Crippen molar-refractivity contribution in [1.29, 1.82) is 0 Å². The van der Waals surface area contributed by atoms with E-state index in [4.69, 9.17) is 25.5 Å². The Morgan fingerprint density at radius 3 is 2.52 bits per heavy atom. The van der Waals surface area contributed by atoms with E-state index in [9.17, 15) is 4.79 Å². The standard InChI is InChI=1S/C18H13ClO4/c1-10-2-4-11(5-3-10)14-16(20)15-12(23-18(14)19)6-7-13-17(15)22-9-8-21-13/h2-7H,8-9H2,1H3. The van der Waals surface area contributed by atoms with E-state index in [2.05, 4.69) is 0 Å². The van der Waals surface area contributed by atoms with Gasteiger partial charge in [0.05, 0.1) is 5.56 Å². The molecule has 1 aliphatic rings. The van der Waals surface area contributed by atoms with Gasteiger partial charge in [-0.3, -0.25) is 4.79 Å². The van der Waals surface area contributed by atoms with Gasteiger partial charge in [-0.25, -0.2) is 0 Å². The molecule has 0 saturated heterocycles. The average Bonchev–Trinajstić information content (AvgIpc) is 2.56. The first-order chi connectivity index (χ1) is 11.1. The lowest BCUT2D eigenvalue weighted by atomic mass is 10.0. The van der Waals surface area contributed by atoms with Crippen LogP contribution in [0.15, 0.2) is 45.6 Å². The molecule has 0 saturated carbocycles. The predicted molar refractivity (Wildman–Crippen MR) is 88.7 cm³/mol. The molecule has 23 heavy (non-hydrogen) atoms. The highest BCUT2D eigenvalue weighted by Gasteiger charge is 2.22. The van der Waals surface area contributed by atoms with Crippen molar-refractivity contribution in [3.05, 3.63) is 57.4 Å². The third-order valence-corrected chi connectivity index (χ3v) is 4.13. The van der Waals surface area contributed by atoms with Gasteiger partial charge >= 0.3 is 0 Å². The molecule has 4 rings (SSSR count). The van der Waals surface area contributed by atoms with Gasteiger partial charge in [-0.1, -0.05) is 29.8 Å². The fourth-order valence-electron chi connectivity index (χ4n) is 2.72. The summed E-state index contributed by atoms with van der Waals surface area (Å²) in [5.74, 6) is 0.973. The second-order valence-electron chi connectivity index (χ2n) is 5.41. The molecule has 3 aromatic rings. The predicted octanol–water partition coefficient (Wildman–Crippen LogP) is 4.19. The summed E-state index contributed by atoms with van der Waals surface area (Å²) in [6.07, 6.45) is 0. The zero-order chi connectivity index (χ0) is 16.0. The highest BCUT2D eigenvalue weighted by Crippen LogP contribution is 2.38. The maximum atomic E-state index is 13.0. The van der Waals surface area contributed by atoms with Gasteiger partial charge in [0.2, 0.25) is 10.6 Å². The molecule has 116 valence electrons. The smallest absolute Gasteiger partial charge is 0.206 e. The Kier molecular flexibility index (Phi) is 3.27. The van der Waals surface area contributed by atoms with Gasteiger partial charge < -0.3 is 13.9 Å². The lowest BCUT2D eigenvalue weighted by Crippen LogP contribution is -2.17. The molecule has 0 aliphatic carbocycles. The number of hydrogen-bond donors (Lipinski definition) is 0. The summed E-state index contributed by atoms with van der Waals surface area (Å²) in [5.41, 5.74) is 2.32. The number of hydrogen-bond acceptors (Lipinski definition) is 4.